The minimum absolute atomic E-state index is 0.243. The molecule has 9 nitrogen and oxygen atoms in total. The van der Waals surface area contributed by atoms with Crippen LogP contribution in [0.25, 0.3) is 0 Å². The molecule has 0 spiro atoms. The van der Waals surface area contributed by atoms with Gasteiger partial charge in [0, 0.05) is 0 Å². The van der Waals surface area contributed by atoms with Gasteiger partial charge in [-0.3, -0.25) is 14.8 Å². The zero-order valence-electron chi connectivity index (χ0n) is 11.3. The van der Waals surface area contributed by atoms with Crippen LogP contribution in [0.3, 0.4) is 0 Å². The number of hydrogen-bond acceptors (Lipinski definition) is 6. The summed E-state index contributed by atoms with van der Waals surface area (Å²) in [7, 11) is -4.24. The summed E-state index contributed by atoms with van der Waals surface area (Å²) >= 11 is 0. The lowest BCUT2D eigenvalue weighted by Gasteiger charge is -2.09. The summed E-state index contributed by atoms with van der Waals surface area (Å²) in [5, 5.41) is 29.1. The molecule has 0 aliphatic rings. The van der Waals surface area contributed by atoms with E-state index in [1.807, 2.05) is 4.72 Å². The molecule has 0 aromatic heterocycles. The number of nitro benzene ring substituents is 1. The third-order valence-corrected chi connectivity index (χ3v) is 4.18. The maximum atomic E-state index is 12.2. The second-order valence-electron chi connectivity index (χ2n) is 4.40. The fraction of sp³-hybridized carbons (Fsp3) is 0. The van der Waals surface area contributed by atoms with E-state index in [4.69, 9.17) is 5.11 Å². The van der Waals surface area contributed by atoms with Gasteiger partial charge in [-0.05, 0) is 30.3 Å². The quantitative estimate of drug-likeness (QED) is 0.428. The van der Waals surface area contributed by atoms with Crippen LogP contribution < -0.4 is 4.72 Å². The smallest absolute Gasteiger partial charge is 0.335 e. The van der Waals surface area contributed by atoms with E-state index in [2.05, 4.69) is 0 Å². The minimum atomic E-state index is -4.24. The number of nitrogens with one attached hydrogen (secondary N) is 1. The molecular weight excluding hydrogens is 328 g/mol. The Hall–Kier alpha value is -3.14. The fourth-order valence-corrected chi connectivity index (χ4v) is 2.88. The lowest BCUT2D eigenvalue weighted by Crippen LogP contribution is -2.14. The number of nitro groups is 1. The summed E-state index contributed by atoms with van der Waals surface area (Å²) in [6.07, 6.45) is 0. The first-order valence-corrected chi connectivity index (χ1v) is 7.52. The number of sulfonamides is 1. The minimum Gasteiger partial charge on any atom is -0.508 e. The normalized spacial score (nSPS) is 11.0. The molecule has 0 bridgehead atoms. The molecule has 0 amide bonds. The topological polar surface area (TPSA) is 147 Å². The van der Waals surface area contributed by atoms with Crippen LogP contribution in [0.5, 0.6) is 5.75 Å². The number of hydrogen-bond donors (Lipinski definition) is 3. The molecule has 23 heavy (non-hydrogen) atoms. The Morgan fingerprint density at radius 2 is 1.87 bits per heavy atom. The van der Waals surface area contributed by atoms with Crippen LogP contribution in [-0.2, 0) is 10.0 Å². The molecular formula is C13H10N2O7S. The Labute approximate surface area is 130 Å². The number of carbonyl (C=O) groups is 1. The van der Waals surface area contributed by atoms with Crippen LogP contribution in [0.4, 0.5) is 11.4 Å². The Morgan fingerprint density at radius 1 is 1.17 bits per heavy atom. The lowest BCUT2D eigenvalue weighted by molar-refractivity contribution is -0.384. The molecule has 0 fully saturated rings. The SMILES string of the molecule is O=C(O)c1cccc(S(=O)(=O)Nc2ccc(O)cc2[N+](=O)[O-])c1. The summed E-state index contributed by atoms with van der Waals surface area (Å²) in [6, 6.07) is 7.45. The van der Waals surface area contributed by atoms with E-state index in [0.29, 0.717) is 0 Å². The molecule has 2 rings (SSSR count). The highest BCUT2D eigenvalue weighted by atomic mass is 32.2. The third-order valence-electron chi connectivity index (χ3n) is 2.81. The van der Waals surface area contributed by atoms with Crippen molar-refractivity contribution in [2.24, 2.45) is 0 Å². The van der Waals surface area contributed by atoms with Crippen LogP contribution in [0.1, 0.15) is 10.4 Å². The van der Waals surface area contributed by atoms with Gasteiger partial charge in [-0.25, -0.2) is 13.2 Å². The van der Waals surface area contributed by atoms with Crippen molar-refractivity contribution < 1.29 is 28.3 Å². The number of carboxylic acids is 1. The average Bonchev–Trinajstić information content (AvgIpc) is 2.48. The van der Waals surface area contributed by atoms with Crippen molar-refractivity contribution in [3.05, 3.63) is 58.1 Å². The number of anilines is 1. The van der Waals surface area contributed by atoms with Crippen molar-refractivity contribution in [3.8, 4) is 5.75 Å². The highest BCUT2D eigenvalue weighted by Crippen LogP contribution is 2.30. The van der Waals surface area contributed by atoms with Gasteiger partial charge in [0.2, 0.25) is 0 Å². The van der Waals surface area contributed by atoms with E-state index in [0.717, 1.165) is 30.3 Å². The van der Waals surface area contributed by atoms with Gasteiger partial charge in [0.25, 0.3) is 15.7 Å². The van der Waals surface area contributed by atoms with Gasteiger partial charge in [0.05, 0.1) is 21.4 Å². The van der Waals surface area contributed by atoms with Gasteiger partial charge < -0.3 is 10.2 Å². The largest absolute Gasteiger partial charge is 0.508 e. The number of carboxylic acid groups (broad SMARTS) is 1. The number of phenols is 1. The summed E-state index contributed by atoms with van der Waals surface area (Å²) in [5.74, 6) is -1.70. The van der Waals surface area contributed by atoms with Gasteiger partial charge in [-0.1, -0.05) is 6.07 Å². The second kappa shape index (κ2) is 5.93. The van der Waals surface area contributed by atoms with Crippen molar-refractivity contribution in [1.29, 1.82) is 0 Å². The number of aromatic carboxylic acids is 1. The van der Waals surface area contributed by atoms with Crippen molar-refractivity contribution in [2.45, 2.75) is 4.90 Å². The predicted octanol–water partition coefficient (Wildman–Crippen LogP) is 1.80. The summed E-state index contributed by atoms with van der Waals surface area (Å²) < 4.78 is 26.5. The summed E-state index contributed by atoms with van der Waals surface area (Å²) in [5.41, 5.74) is -1.23. The van der Waals surface area contributed by atoms with Crippen LogP contribution in [0, 0.1) is 10.1 Å². The molecule has 2 aromatic rings. The highest BCUT2D eigenvalue weighted by Gasteiger charge is 2.22. The summed E-state index contributed by atoms with van der Waals surface area (Å²) in [6.45, 7) is 0. The van der Waals surface area contributed by atoms with E-state index in [9.17, 15) is 28.4 Å². The van der Waals surface area contributed by atoms with E-state index < -0.39 is 32.4 Å². The molecule has 0 radical (unpaired) electrons. The van der Waals surface area contributed by atoms with E-state index in [1.54, 1.807) is 0 Å². The molecule has 0 unspecified atom stereocenters. The number of benzene rings is 2. The fourth-order valence-electron chi connectivity index (χ4n) is 1.76. The Bertz CT molecular complexity index is 893. The monoisotopic (exact) mass is 338 g/mol. The van der Waals surface area contributed by atoms with Crippen molar-refractivity contribution in [1.82, 2.24) is 0 Å². The van der Waals surface area contributed by atoms with Crippen molar-refractivity contribution in [2.75, 3.05) is 4.72 Å². The van der Waals surface area contributed by atoms with Crippen LogP contribution >= 0.6 is 0 Å². The first kappa shape index (κ1) is 16.2. The highest BCUT2D eigenvalue weighted by molar-refractivity contribution is 7.92. The lowest BCUT2D eigenvalue weighted by atomic mass is 10.2. The molecule has 120 valence electrons. The number of rotatable bonds is 5. The molecule has 0 heterocycles. The van der Waals surface area contributed by atoms with E-state index in [-0.39, 0.29) is 16.1 Å². The van der Waals surface area contributed by atoms with Crippen molar-refractivity contribution >= 4 is 27.4 Å². The first-order chi connectivity index (χ1) is 10.7. The molecule has 0 atom stereocenters. The first-order valence-electron chi connectivity index (χ1n) is 6.04. The van der Waals surface area contributed by atoms with Gasteiger partial charge >= 0.3 is 5.97 Å². The van der Waals surface area contributed by atoms with Gasteiger partial charge in [0.1, 0.15) is 11.4 Å². The summed E-state index contributed by atoms with van der Waals surface area (Å²) in [4.78, 5) is 20.6. The second-order valence-corrected chi connectivity index (χ2v) is 6.08. The van der Waals surface area contributed by atoms with E-state index in [1.165, 1.54) is 12.1 Å². The molecule has 0 saturated heterocycles. The zero-order valence-corrected chi connectivity index (χ0v) is 12.1. The third kappa shape index (κ3) is 3.55. The van der Waals surface area contributed by atoms with Crippen LogP contribution in [0.2, 0.25) is 0 Å². The molecule has 0 aliphatic carbocycles. The van der Waals surface area contributed by atoms with Gasteiger partial charge in [-0.2, -0.15) is 0 Å². The molecule has 10 heteroatoms. The maximum absolute atomic E-state index is 12.2. The standard InChI is InChI=1S/C13H10N2O7S/c16-9-4-5-11(12(7-9)15(19)20)14-23(21,22)10-3-1-2-8(6-10)13(17)18/h1-7,14,16H,(H,17,18). The van der Waals surface area contributed by atoms with Crippen LogP contribution in [-0.4, -0.2) is 29.5 Å². The maximum Gasteiger partial charge on any atom is 0.335 e. The van der Waals surface area contributed by atoms with Gasteiger partial charge in [0.15, 0.2) is 0 Å². The Balaban J connectivity index is 2.45. The number of phenolic OH excluding ortho intramolecular Hbond substituents is 1. The molecule has 2 aromatic carbocycles. The average molecular weight is 338 g/mol. The van der Waals surface area contributed by atoms with Gasteiger partial charge in [-0.15, -0.1) is 0 Å². The molecule has 0 saturated carbocycles. The number of nitrogens with zero attached hydrogens (tertiary/aromatic N) is 1. The number of aromatic hydroxyl groups is 1. The Kier molecular flexibility index (Phi) is 4.18. The van der Waals surface area contributed by atoms with Crippen LogP contribution in [0.15, 0.2) is 47.4 Å². The van der Waals surface area contributed by atoms with Crippen molar-refractivity contribution in [3.63, 3.8) is 0 Å². The molecule has 0 aliphatic heterocycles. The predicted molar refractivity (Wildman–Crippen MR) is 79.0 cm³/mol. The zero-order chi connectivity index (χ0) is 17.2. The Morgan fingerprint density at radius 3 is 2.48 bits per heavy atom. The molecule has 3 N–H and O–H groups in total. The van der Waals surface area contributed by atoms with E-state index >= 15 is 0 Å².